The second-order valence-electron chi connectivity index (χ2n) is 6.81. The molecule has 0 unspecified atom stereocenters. The van der Waals surface area contributed by atoms with Gasteiger partial charge in [-0.1, -0.05) is 30.3 Å². The summed E-state index contributed by atoms with van der Waals surface area (Å²) in [6.07, 6.45) is 4.51. The number of benzene rings is 2. The Bertz CT molecular complexity index is 938. The topological polar surface area (TPSA) is 29.5 Å². The summed E-state index contributed by atoms with van der Waals surface area (Å²) in [7, 11) is 0. The molecule has 1 aliphatic rings. The maximum atomic E-state index is 12.5. The lowest BCUT2D eigenvalue weighted by Gasteiger charge is -2.28. The molecule has 28 heavy (non-hydrogen) atoms. The van der Waals surface area contributed by atoms with Gasteiger partial charge in [-0.3, -0.25) is 4.79 Å². The summed E-state index contributed by atoms with van der Waals surface area (Å²) in [5, 5.41) is 0. The number of nitrogens with zero attached hydrogens (tertiary/aromatic N) is 1. The highest BCUT2D eigenvalue weighted by Gasteiger charge is 2.11. The van der Waals surface area contributed by atoms with Gasteiger partial charge in [0.15, 0.2) is 5.78 Å². The molecule has 0 bridgehead atoms. The van der Waals surface area contributed by atoms with Gasteiger partial charge in [0.25, 0.3) is 0 Å². The average molecular weight is 390 g/mol. The van der Waals surface area contributed by atoms with E-state index in [0.717, 1.165) is 43.3 Å². The number of carbonyl (C=O) groups is 1. The number of rotatable bonds is 6. The molecule has 0 N–H and O–H groups in total. The maximum Gasteiger partial charge on any atom is 0.185 e. The van der Waals surface area contributed by atoms with Gasteiger partial charge in [-0.05, 0) is 54.1 Å². The van der Waals surface area contributed by atoms with Crippen LogP contribution in [0.4, 0.5) is 5.69 Å². The molecular weight excluding hydrogens is 366 g/mol. The van der Waals surface area contributed by atoms with E-state index in [1.54, 1.807) is 17.4 Å². The quantitative estimate of drug-likeness (QED) is 0.435. The summed E-state index contributed by atoms with van der Waals surface area (Å²) >= 11 is 1.73. The van der Waals surface area contributed by atoms with Gasteiger partial charge in [0.1, 0.15) is 0 Å². The minimum atomic E-state index is 0.0338. The van der Waals surface area contributed by atoms with Gasteiger partial charge in [-0.15, -0.1) is 11.3 Å². The number of ether oxygens (including phenoxy) is 1. The number of carbonyl (C=O) groups excluding carboxylic acids is 1. The van der Waals surface area contributed by atoms with Crippen molar-refractivity contribution in [2.24, 2.45) is 0 Å². The molecule has 0 aliphatic carbocycles. The van der Waals surface area contributed by atoms with Crippen LogP contribution in [-0.2, 0) is 11.2 Å². The van der Waals surface area contributed by atoms with E-state index in [2.05, 4.69) is 41.3 Å². The predicted octanol–water partition coefficient (Wildman–Crippen LogP) is 5.07. The first-order valence-corrected chi connectivity index (χ1v) is 10.4. The summed E-state index contributed by atoms with van der Waals surface area (Å²) in [5.74, 6) is 0.0338. The molecule has 4 rings (SSSR count). The molecular formula is C24H23NO2S. The molecule has 3 nitrogen and oxygen atoms in total. The standard InChI is InChI=1S/C24H23NO2S/c26-24(20-6-8-21(9-7-20)25-14-16-27-17-15-25)13-12-22-10-11-23(28-22)18-19-4-2-1-3-5-19/h1-13H,14-18H2/b13-12+. The number of hydrogen-bond donors (Lipinski definition) is 0. The summed E-state index contributed by atoms with van der Waals surface area (Å²) in [4.78, 5) is 17.2. The third kappa shape index (κ3) is 4.77. The maximum absolute atomic E-state index is 12.5. The fraction of sp³-hybridized carbons (Fsp3) is 0.208. The SMILES string of the molecule is O=C(/C=C/c1ccc(Cc2ccccc2)s1)c1ccc(N2CCOCC2)cc1. The van der Waals surface area contributed by atoms with E-state index in [-0.39, 0.29) is 5.78 Å². The Kier molecular flexibility index (Phi) is 6.00. The van der Waals surface area contributed by atoms with Crippen LogP contribution in [0.1, 0.15) is 25.7 Å². The summed E-state index contributed by atoms with van der Waals surface area (Å²) < 4.78 is 5.39. The Labute approximate surface area is 169 Å². The van der Waals surface area contributed by atoms with Crippen LogP contribution in [0, 0.1) is 0 Å². The van der Waals surface area contributed by atoms with E-state index in [1.807, 2.05) is 36.4 Å². The van der Waals surface area contributed by atoms with Gasteiger partial charge >= 0.3 is 0 Å². The second kappa shape index (κ2) is 9.00. The number of anilines is 1. The first-order chi connectivity index (χ1) is 13.8. The van der Waals surface area contributed by atoms with Crippen LogP contribution < -0.4 is 4.90 Å². The van der Waals surface area contributed by atoms with Crippen LogP contribution in [0.3, 0.4) is 0 Å². The third-order valence-electron chi connectivity index (χ3n) is 4.83. The van der Waals surface area contributed by atoms with E-state index in [1.165, 1.54) is 10.4 Å². The highest BCUT2D eigenvalue weighted by Crippen LogP contribution is 2.22. The molecule has 0 atom stereocenters. The Morgan fingerprint density at radius 2 is 1.71 bits per heavy atom. The Morgan fingerprint density at radius 3 is 2.46 bits per heavy atom. The first kappa shape index (κ1) is 18.7. The molecule has 142 valence electrons. The zero-order chi connectivity index (χ0) is 19.2. The van der Waals surface area contributed by atoms with Crippen molar-refractivity contribution in [2.45, 2.75) is 6.42 Å². The molecule has 1 fully saturated rings. The van der Waals surface area contributed by atoms with Crippen LogP contribution >= 0.6 is 11.3 Å². The molecule has 4 heteroatoms. The molecule has 0 spiro atoms. The van der Waals surface area contributed by atoms with Gasteiger partial charge in [0.2, 0.25) is 0 Å². The highest BCUT2D eigenvalue weighted by atomic mass is 32.1. The van der Waals surface area contributed by atoms with Crippen molar-refractivity contribution in [2.75, 3.05) is 31.2 Å². The first-order valence-electron chi connectivity index (χ1n) is 9.56. The number of allylic oxidation sites excluding steroid dienone is 1. The van der Waals surface area contributed by atoms with Crippen molar-refractivity contribution < 1.29 is 9.53 Å². The highest BCUT2D eigenvalue weighted by molar-refractivity contribution is 7.12. The lowest BCUT2D eigenvalue weighted by molar-refractivity contribution is 0.104. The van der Waals surface area contributed by atoms with Crippen molar-refractivity contribution in [1.82, 2.24) is 0 Å². The van der Waals surface area contributed by atoms with Crippen LogP contribution in [-0.4, -0.2) is 32.1 Å². The predicted molar refractivity (Wildman–Crippen MR) is 116 cm³/mol. The molecule has 3 aromatic rings. The van der Waals surface area contributed by atoms with Crippen molar-refractivity contribution in [3.63, 3.8) is 0 Å². The van der Waals surface area contributed by atoms with Gasteiger partial charge in [-0.25, -0.2) is 0 Å². The number of thiophene rings is 1. The van der Waals surface area contributed by atoms with Gasteiger partial charge in [0.05, 0.1) is 13.2 Å². The van der Waals surface area contributed by atoms with Crippen LogP contribution in [0.5, 0.6) is 0 Å². The van der Waals surface area contributed by atoms with Crippen molar-refractivity contribution >= 4 is 28.9 Å². The van der Waals surface area contributed by atoms with Crippen LogP contribution in [0.25, 0.3) is 6.08 Å². The number of morpholine rings is 1. The zero-order valence-electron chi connectivity index (χ0n) is 15.7. The number of ketones is 1. The summed E-state index contributed by atoms with van der Waals surface area (Å²) in [6, 6.07) is 22.5. The van der Waals surface area contributed by atoms with Gasteiger partial charge in [0, 0.05) is 40.5 Å². The van der Waals surface area contributed by atoms with Gasteiger partial charge in [-0.2, -0.15) is 0 Å². The Morgan fingerprint density at radius 1 is 0.964 bits per heavy atom. The molecule has 0 radical (unpaired) electrons. The monoisotopic (exact) mass is 389 g/mol. The molecule has 1 aliphatic heterocycles. The third-order valence-corrected chi connectivity index (χ3v) is 5.88. The summed E-state index contributed by atoms with van der Waals surface area (Å²) in [5.41, 5.74) is 3.17. The lowest BCUT2D eigenvalue weighted by atomic mass is 10.1. The molecule has 2 aromatic carbocycles. The lowest BCUT2D eigenvalue weighted by Crippen LogP contribution is -2.36. The van der Waals surface area contributed by atoms with E-state index in [0.29, 0.717) is 5.56 Å². The molecule has 1 aromatic heterocycles. The fourth-order valence-corrected chi connectivity index (χ4v) is 4.24. The normalized spacial score (nSPS) is 14.5. The molecule has 1 saturated heterocycles. The molecule has 0 amide bonds. The van der Waals surface area contributed by atoms with Crippen LogP contribution in [0.15, 0.2) is 72.8 Å². The molecule has 0 saturated carbocycles. The zero-order valence-corrected chi connectivity index (χ0v) is 16.5. The van der Waals surface area contributed by atoms with E-state index in [4.69, 9.17) is 4.74 Å². The summed E-state index contributed by atoms with van der Waals surface area (Å²) in [6.45, 7) is 3.32. The number of hydrogen-bond acceptors (Lipinski definition) is 4. The Hall–Kier alpha value is -2.69. The van der Waals surface area contributed by atoms with Crippen LogP contribution in [0.2, 0.25) is 0 Å². The average Bonchev–Trinajstić information content (AvgIpc) is 3.21. The fourth-order valence-electron chi connectivity index (χ4n) is 3.29. The van der Waals surface area contributed by atoms with E-state index >= 15 is 0 Å². The minimum absolute atomic E-state index is 0.0338. The molecule has 2 heterocycles. The largest absolute Gasteiger partial charge is 0.378 e. The van der Waals surface area contributed by atoms with E-state index < -0.39 is 0 Å². The minimum Gasteiger partial charge on any atom is -0.378 e. The van der Waals surface area contributed by atoms with Gasteiger partial charge < -0.3 is 9.64 Å². The smallest absolute Gasteiger partial charge is 0.185 e. The van der Waals surface area contributed by atoms with E-state index in [9.17, 15) is 4.79 Å². The van der Waals surface area contributed by atoms with Crippen molar-refractivity contribution in [3.05, 3.63) is 93.7 Å². The second-order valence-corrected chi connectivity index (χ2v) is 8.01. The van der Waals surface area contributed by atoms with Crippen molar-refractivity contribution in [1.29, 1.82) is 0 Å². The Balaban J connectivity index is 1.37. The van der Waals surface area contributed by atoms with Crippen molar-refractivity contribution in [3.8, 4) is 0 Å².